The second-order valence-electron chi connectivity index (χ2n) is 6.24. The zero-order chi connectivity index (χ0) is 16.9. The molecule has 0 fully saturated rings. The quantitative estimate of drug-likeness (QED) is 0.325. The number of unbranched alkanes of at least 4 members (excludes halogenated alkanes) is 1. The van der Waals surface area contributed by atoms with Crippen LogP contribution in [0.3, 0.4) is 0 Å². The number of aryl methyl sites for hydroxylation is 2. The Morgan fingerprint density at radius 2 is 1.42 bits per heavy atom. The van der Waals surface area contributed by atoms with Crippen LogP contribution < -0.4 is 3.61 Å². The molecule has 3 rings (SSSR count). The SMILES string of the molecule is CCCC[Te]c1cc(-c2ccc(C)cc2)[se]c1-c1ccc(C)cc1. The van der Waals surface area contributed by atoms with Crippen LogP contribution in [0.5, 0.6) is 0 Å². The van der Waals surface area contributed by atoms with Crippen molar-refractivity contribution in [3.8, 4) is 20.0 Å². The molecule has 0 aliphatic heterocycles. The van der Waals surface area contributed by atoms with Crippen molar-refractivity contribution < 1.29 is 0 Å². The molecule has 0 saturated carbocycles. The molecule has 0 aliphatic carbocycles. The summed E-state index contributed by atoms with van der Waals surface area (Å²) in [5.74, 6) is 0. The first-order valence-corrected chi connectivity index (χ1v) is 13.1. The maximum absolute atomic E-state index is 2.54. The van der Waals surface area contributed by atoms with Gasteiger partial charge in [-0.2, -0.15) is 0 Å². The molecule has 0 saturated heterocycles. The van der Waals surface area contributed by atoms with Gasteiger partial charge in [-0.3, -0.25) is 0 Å². The average Bonchev–Trinajstić information content (AvgIpc) is 3.01. The maximum atomic E-state index is 2.54. The minimum absolute atomic E-state index is 0.0624. The van der Waals surface area contributed by atoms with E-state index >= 15 is 0 Å². The summed E-state index contributed by atoms with van der Waals surface area (Å²) < 4.78 is 6.35. The molecule has 0 unspecified atom stereocenters. The molecule has 2 aromatic carbocycles. The molecule has 0 spiro atoms. The van der Waals surface area contributed by atoms with Crippen LogP contribution in [-0.2, 0) is 0 Å². The molecule has 0 aliphatic rings. The van der Waals surface area contributed by atoms with Crippen LogP contribution in [0.15, 0.2) is 54.6 Å². The Balaban J connectivity index is 1.98. The number of hydrogen-bond acceptors (Lipinski definition) is 0. The van der Waals surface area contributed by atoms with Gasteiger partial charge in [-0.15, -0.1) is 0 Å². The molecule has 2 heteroatoms. The summed E-state index contributed by atoms with van der Waals surface area (Å²) in [6, 6.07) is 20.8. The zero-order valence-corrected chi connectivity index (χ0v) is 18.7. The van der Waals surface area contributed by atoms with Crippen LogP contribution in [-0.4, -0.2) is 35.4 Å². The molecule has 1 heterocycles. The fraction of sp³-hybridized carbons (Fsp3) is 0.273. The van der Waals surface area contributed by atoms with E-state index in [4.69, 9.17) is 0 Å². The molecular weight excluding hydrogens is 471 g/mol. The molecule has 0 radical (unpaired) electrons. The third-order valence-corrected chi connectivity index (χ3v) is 10.8. The minimum atomic E-state index is -0.0624. The van der Waals surface area contributed by atoms with Gasteiger partial charge in [-0.05, 0) is 0 Å². The molecule has 0 nitrogen and oxygen atoms in total. The van der Waals surface area contributed by atoms with E-state index in [-0.39, 0.29) is 20.9 Å². The molecule has 24 heavy (non-hydrogen) atoms. The average molecular weight is 495 g/mol. The van der Waals surface area contributed by atoms with E-state index in [1.807, 2.05) is 0 Å². The van der Waals surface area contributed by atoms with E-state index in [1.165, 1.54) is 39.6 Å². The number of hydrogen-bond donors (Lipinski definition) is 0. The molecule has 0 bridgehead atoms. The van der Waals surface area contributed by atoms with Crippen molar-refractivity contribution in [2.45, 2.75) is 38.1 Å². The van der Waals surface area contributed by atoms with Crippen molar-refractivity contribution in [2.24, 2.45) is 0 Å². The van der Waals surface area contributed by atoms with Crippen LogP contribution in [0.1, 0.15) is 30.9 Å². The van der Waals surface area contributed by atoms with Crippen LogP contribution >= 0.6 is 0 Å². The topological polar surface area (TPSA) is 0 Å². The summed E-state index contributed by atoms with van der Waals surface area (Å²) in [5.41, 5.74) is 5.56. The number of benzene rings is 2. The van der Waals surface area contributed by atoms with Gasteiger partial charge in [-0.1, -0.05) is 0 Å². The second-order valence-corrected chi connectivity index (χ2v) is 11.7. The Morgan fingerprint density at radius 1 is 0.833 bits per heavy atom. The fourth-order valence-electron chi connectivity index (χ4n) is 2.57. The summed E-state index contributed by atoms with van der Waals surface area (Å²) in [4.78, 5) is 0. The summed E-state index contributed by atoms with van der Waals surface area (Å²) in [6.45, 7) is 6.63. The summed E-state index contributed by atoms with van der Waals surface area (Å²) in [7, 11) is 0. The monoisotopic (exact) mass is 498 g/mol. The molecule has 0 atom stereocenters. The fourth-order valence-corrected chi connectivity index (χ4v) is 9.92. The third-order valence-electron chi connectivity index (χ3n) is 4.10. The van der Waals surface area contributed by atoms with Gasteiger partial charge in [0.1, 0.15) is 0 Å². The molecule has 124 valence electrons. The molecular formula is C22H24SeTe. The van der Waals surface area contributed by atoms with Gasteiger partial charge in [0, 0.05) is 0 Å². The van der Waals surface area contributed by atoms with Crippen molar-refractivity contribution in [2.75, 3.05) is 0 Å². The van der Waals surface area contributed by atoms with Crippen LogP contribution in [0.4, 0.5) is 0 Å². The van der Waals surface area contributed by atoms with Crippen LogP contribution in [0, 0.1) is 13.8 Å². The van der Waals surface area contributed by atoms with Gasteiger partial charge in [0.15, 0.2) is 0 Å². The van der Waals surface area contributed by atoms with Gasteiger partial charge in [0.2, 0.25) is 0 Å². The van der Waals surface area contributed by atoms with Crippen molar-refractivity contribution in [1.29, 1.82) is 0 Å². The summed E-state index contributed by atoms with van der Waals surface area (Å²) in [6.07, 6.45) is 2.70. The van der Waals surface area contributed by atoms with Crippen molar-refractivity contribution >= 4 is 39.0 Å². The van der Waals surface area contributed by atoms with E-state index in [9.17, 15) is 0 Å². The number of rotatable bonds is 6. The Bertz CT molecular complexity index is 782. The molecule has 1 aromatic heterocycles. The van der Waals surface area contributed by atoms with Gasteiger partial charge in [0.05, 0.1) is 0 Å². The van der Waals surface area contributed by atoms with E-state index in [1.54, 1.807) is 12.5 Å². The van der Waals surface area contributed by atoms with E-state index in [0.29, 0.717) is 14.5 Å². The van der Waals surface area contributed by atoms with E-state index < -0.39 is 0 Å². The standard InChI is InChI=1S/C22H24SeTe/c1-4-5-14-24-21-15-20(18-10-6-16(2)7-11-18)23-22(21)19-12-8-17(3)9-13-19/h6-13,15H,4-5,14H2,1-3H3. The second kappa shape index (κ2) is 8.55. The Kier molecular flexibility index (Phi) is 6.42. The zero-order valence-electron chi connectivity index (χ0n) is 14.6. The van der Waals surface area contributed by atoms with Crippen LogP contribution in [0.2, 0.25) is 4.47 Å². The molecule has 0 N–H and O–H groups in total. The van der Waals surface area contributed by atoms with E-state index in [2.05, 4.69) is 75.4 Å². The Hall–Kier alpha value is -0.771. The first-order valence-electron chi connectivity index (χ1n) is 8.58. The van der Waals surface area contributed by atoms with Gasteiger partial charge in [0.25, 0.3) is 0 Å². The van der Waals surface area contributed by atoms with Crippen molar-refractivity contribution in [3.05, 3.63) is 65.7 Å². The van der Waals surface area contributed by atoms with E-state index in [0.717, 1.165) is 0 Å². The van der Waals surface area contributed by atoms with Crippen molar-refractivity contribution in [3.63, 3.8) is 0 Å². The Labute approximate surface area is 162 Å². The molecule has 3 aromatic rings. The van der Waals surface area contributed by atoms with Crippen LogP contribution in [0.25, 0.3) is 20.0 Å². The predicted molar refractivity (Wildman–Crippen MR) is 109 cm³/mol. The van der Waals surface area contributed by atoms with Gasteiger partial charge < -0.3 is 0 Å². The summed E-state index contributed by atoms with van der Waals surface area (Å²) in [5, 5.41) is 0. The summed E-state index contributed by atoms with van der Waals surface area (Å²) >= 11 is 0.379. The Morgan fingerprint density at radius 3 is 2.00 bits per heavy atom. The predicted octanol–water partition coefficient (Wildman–Crippen LogP) is 5.24. The normalized spacial score (nSPS) is 11.0. The third kappa shape index (κ3) is 4.44. The van der Waals surface area contributed by atoms with Crippen molar-refractivity contribution in [1.82, 2.24) is 0 Å². The first kappa shape index (κ1) is 18.0. The first-order chi connectivity index (χ1) is 11.7. The van der Waals surface area contributed by atoms with Gasteiger partial charge in [-0.25, -0.2) is 0 Å². The van der Waals surface area contributed by atoms with Gasteiger partial charge >= 0.3 is 163 Å². The molecule has 0 amide bonds.